The van der Waals surface area contributed by atoms with Crippen LogP contribution in [0.3, 0.4) is 0 Å². The zero-order valence-electron chi connectivity index (χ0n) is 19.1. The van der Waals surface area contributed by atoms with E-state index < -0.39 is 0 Å². The predicted octanol–water partition coefficient (Wildman–Crippen LogP) is 3.16. The molecule has 3 rings (SSSR count). The fourth-order valence-corrected chi connectivity index (χ4v) is 3.86. The second-order valence-electron chi connectivity index (χ2n) is 7.54. The van der Waals surface area contributed by atoms with Gasteiger partial charge in [0, 0.05) is 25.2 Å². The monoisotopic (exact) mass is 441 g/mol. The van der Waals surface area contributed by atoms with Gasteiger partial charge in [0.05, 0.1) is 27.4 Å². The molecule has 3 amide bonds. The van der Waals surface area contributed by atoms with Gasteiger partial charge in [0.25, 0.3) is 5.91 Å². The third kappa shape index (κ3) is 5.07. The summed E-state index contributed by atoms with van der Waals surface area (Å²) in [5.74, 6) is 1.71. The quantitative estimate of drug-likeness (QED) is 0.657. The third-order valence-electron chi connectivity index (χ3n) is 5.60. The van der Waals surface area contributed by atoms with Crippen LogP contribution in [0.25, 0.3) is 0 Å². The molecule has 1 atom stereocenters. The zero-order chi connectivity index (χ0) is 23.1. The number of nitrogens with zero attached hydrogens (tertiary/aromatic N) is 1. The number of fused-ring (bicyclic) bond motifs is 1. The number of carbonyl (C=O) groups is 2. The number of rotatable bonds is 8. The Morgan fingerprint density at radius 2 is 1.69 bits per heavy atom. The fourth-order valence-electron chi connectivity index (χ4n) is 3.86. The number of nitrogens with one attached hydrogen (secondary N) is 2. The molecule has 0 saturated carbocycles. The van der Waals surface area contributed by atoms with Crippen LogP contribution >= 0.6 is 0 Å². The summed E-state index contributed by atoms with van der Waals surface area (Å²) >= 11 is 0. The van der Waals surface area contributed by atoms with E-state index in [0.29, 0.717) is 42.3 Å². The van der Waals surface area contributed by atoms with Crippen molar-refractivity contribution < 1.29 is 23.8 Å². The van der Waals surface area contributed by atoms with E-state index in [1.165, 1.54) is 0 Å². The lowest BCUT2D eigenvalue weighted by Gasteiger charge is -2.38. The number of methoxy groups -OCH3 is 3. The molecule has 1 aliphatic heterocycles. The normalized spacial score (nSPS) is 14.9. The number of ether oxygens (including phenoxy) is 3. The van der Waals surface area contributed by atoms with E-state index in [1.807, 2.05) is 19.1 Å². The maximum Gasteiger partial charge on any atom is 0.317 e. The smallest absolute Gasteiger partial charge is 0.317 e. The summed E-state index contributed by atoms with van der Waals surface area (Å²) in [5, 5.41) is 5.93. The largest absolute Gasteiger partial charge is 0.497 e. The number of amides is 3. The van der Waals surface area contributed by atoms with Crippen LogP contribution in [0.2, 0.25) is 0 Å². The molecular formula is C24H31N3O5. The highest BCUT2D eigenvalue weighted by atomic mass is 16.5. The van der Waals surface area contributed by atoms with Gasteiger partial charge in [-0.05, 0) is 60.4 Å². The van der Waals surface area contributed by atoms with Crippen molar-refractivity contribution in [2.75, 3.05) is 41.0 Å². The van der Waals surface area contributed by atoms with Gasteiger partial charge in [0.2, 0.25) is 0 Å². The van der Waals surface area contributed by atoms with E-state index in [4.69, 9.17) is 14.2 Å². The molecule has 0 aromatic heterocycles. The summed E-state index contributed by atoms with van der Waals surface area (Å²) in [4.78, 5) is 27.4. The second-order valence-corrected chi connectivity index (χ2v) is 7.54. The zero-order valence-corrected chi connectivity index (χ0v) is 19.1. The Hall–Kier alpha value is -3.42. The van der Waals surface area contributed by atoms with Crippen molar-refractivity contribution in [1.29, 1.82) is 0 Å². The van der Waals surface area contributed by atoms with Gasteiger partial charge in [-0.3, -0.25) is 4.79 Å². The summed E-state index contributed by atoms with van der Waals surface area (Å²) in [6, 6.07) is 10.3. The van der Waals surface area contributed by atoms with Gasteiger partial charge in [0.15, 0.2) is 11.5 Å². The molecule has 0 saturated heterocycles. The highest BCUT2D eigenvalue weighted by molar-refractivity contribution is 5.94. The molecule has 1 unspecified atom stereocenters. The summed E-state index contributed by atoms with van der Waals surface area (Å²) < 4.78 is 16.1. The van der Waals surface area contributed by atoms with Crippen LogP contribution in [0, 0.1) is 0 Å². The van der Waals surface area contributed by atoms with E-state index in [1.54, 1.807) is 50.5 Å². The molecule has 0 fully saturated rings. The van der Waals surface area contributed by atoms with Crippen LogP contribution in [-0.2, 0) is 6.42 Å². The first kappa shape index (κ1) is 23.2. The first-order valence-corrected chi connectivity index (χ1v) is 10.7. The number of hydrogen-bond acceptors (Lipinski definition) is 5. The van der Waals surface area contributed by atoms with Crippen molar-refractivity contribution in [3.8, 4) is 17.2 Å². The van der Waals surface area contributed by atoms with Gasteiger partial charge in [-0.25, -0.2) is 4.79 Å². The molecule has 2 N–H and O–H groups in total. The highest BCUT2D eigenvalue weighted by Gasteiger charge is 2.32. The maximum absolute atomic E-state index is 12.9. The molecule has 172 valence electrons. The first-order valence-electron chi connectivity index (χ1n) is 10.7. The highest BCUT2D eigenvalue weighted by Crippen LogP contribution is 2.38. The minimum absolute atomic E-state index is 0.143. The van der Waals surface area contributed by atoms with Gasteiger partial charge in [-0.1, -0.05) is 6.92 Å². The fraction of sp³-hybridized carbons (Fsp3) is 0.417. The second kappa shape index (κ2) is 10.7. The lowest BCUT2D eigenvalue weighted by Crippen LogP contribution is -2.49. The third-order valence-corrected chi connectivity index (χ3v) is 5.60. The Kier molecular flexibility index (Phi) is 7.81. The van der Waals surface area contributed by atoms with E-state index in [9.17, 15) is 9.59 Å². The van der Waals surface area contributed by atoms with Gasteiger partial charge in [0.1, 0.15) is 5.75 Å². The van der Waals surface area contributed by atoms with E-state index in [2.05, 4.69) is 10.6 Å². The maximum atomic E-state index is 12.9. The van der Waals surface area contributed by atoms with E-state index in [-0.39, 0.29) is 24.5 Å². The van der Waals surface area contributed by atoms with Crippen LogP contribution in [0.15, 0.2) is 36.4 Å². The molecule has 8 heteroatoms. The van der Waals surface area contributed by atoms with Crippen LogP contribution in [-0.4, -0.2) is 57.8 Å². The van der Waals surface area contributed by atoms with Crippen molar-refractivity contribution in [2.24, 2.45) is 0 Å². The van der Waals surface area contributed by atoms with Gasteiger partial charge < -0.3 is 29.7 Å². The topological polar surface area (TPSA) is 89.1 Å². The van der Waals surface area contributed by atoms with Crippen LogP contribution in [0.1, 0.15) is 40.9 Å². The number of hydrogen-bond donors (Lipinski definition) is 2. The molecule has 1 aliphatic rings. The molecule has 0 bridgehead atoms. The number of urea groups is 1. The van der Waals surface area contributed by atoms with E-state index >= 15 is 0 Å². The van der Waals surface area contributed by atoms with Gasteiger partial charge in [-0.15, -0.1) is 0 Å². The Balaban J connectivity index is 1.86. The predicted molar refractivity (Wildman–Crippen MR) is 122 cm³/mol. The molecule has 2 aromatic rings. The Bertz CT molecular complexity index is 945. The number of carbonyl (C=O) groups excluding carboxylic acids is 2. The summed E-state index contributed by atoms with van der Waals surface area (Å²) in [7, 11) is 4.76. The van der Waals surface area contributed by atoms with Crippen molar-refractivity contribution in [3.63, 3.8) is 0 Å². The Morgan fingerprint density at radius 1 is 1.00 bits per heavy atom. The summed E-state index contributed by atoms with van der Waals surface area (Å²) in [5.41, 5.74) is 2.54. The molecular weight excluding hydrogens is 410 g/mol. The molecule has 32 heavy (non-hydrogen) atoms. The standard InChI is InChI=1S/C24H31N3O5/c1-5-11-25-24(29)27-12-10-17-13-21(31-3)22(32-4)14-19(17)20(27)15-26-23(28)16-6-8-18(30-2)9-7-16/h6-9,13-14,20H,5,10-12,15H2,1-4H3,(H,25,29)(H,26,28). The van der Waals surface area contributed by atoms with Crippen LogP contribution in [0.5, 0.6) is 17.2 Å². The van der Waals surface area contributed by atoms with Crippen molar-refractivity contribution in [2.45, 2.75) is 25.8 Å². The molecule has 0 radical (unpaired) electrons. The molecule has 2 aromatic carbocycles. The lowest BCUT2D eigenvalue weighted by molar-refractivity contribution is 0.0934. The molecule has 0 aliphatic carbocycles. The van der Waals surface area contributed by atoms with Gasteiger partial charge in [-0.2, -0.15) is 0 Å². The molecule has 0 spiro atoms. The molecule has 8 nitrogen and oxygen atoms in total. The summed E-state index contributed by atoms with van der Waals surface area (Å²) in [6.45, 7) is 3.42. The minimum atomic E-state index is -0.336. The average Bonchev–Trinajstić information content (AvgIpc) is 2.84. The van der Waals surface area contributed by atoms with Crippen molar-refractivity contribution in [1.82, 2.24) is 15.5 Å². The van der Waals surface area contributed by atoms with E-state index in [0.717, 1.165) is 17.5 Å². The first-order chi connectivity index (χ1) is 15.5. The van der Waals surface area contributed by atoms with Crippen LogP contribution < -0.4 is 24.8 Å². The van der Waals surface area contributed by atoms with Gasteiger partial charge >= 0.3 is 6.03 Å². The van der Waals surface area contributed by atoms with Crippen molar-refractivity contribution >= 4 is 11.9 Å². The minimum Gasteiger partial charge on any atom is -0.497 e. The van der Waals surface area contributed by atoms with Crippen molar-refractivity contribution in [3.05, 3.63) is 53.1 Å². The SMILES string of the molecule is CCCNC(=O)N1CCc2cc(OC)c(OC)cc2C1CNC(=O)c1ccc(OC)cc1. The number of benzene rings is 2. The summed E-state index contributed by atoms with van der Waals surface area (Å²) in [6.07, 6.45) is 1.54. The average molecular weight is 442 g/mol. The van der Waals surface area contributed by atoms with Crippen LogP contribution in [0.4, 0.5) is 4.79 Å². The lowest BCUT2D eigenvalue weighted by atomic mass is 9.91. The molecule has 1 heterocycles. The Labute approximate surface area is 188 Å². The Morgan fingerprint density at radius 3 is 2.31 bits per heavy atom.